The van der Waals surface area contributed by atoms with Gasteiger partial charge in [-0.3, -0.25) is 4.98 Å². The van der Waals surface area contributed by atoms with Crippen LogP contribution >= 0.6 is 0 Å². The van der Waals surface area contributed by atoms with Crippen LogP contribution in [0.4, 0.5) is 0 Å². The lowest BCUT2D eigenvalue weighted by atomic mass is 10.1. The third-order valence-electron chi connectivity index (χ3n) is 1.50. The van der Waals surface area contributed by atoms with Gasteiger partial charge in [0.2, 0.25) is 0 Å². The second-order valence-electron chi connectivity index (χ2n) is 2.25. The van der Waals surface area contributed by atoms with Gasteiger partial charge in [-0.25, -0.2) is 0 Å². The summed E-state index contributed by atoms with van der Waals surface area (Å²) in [6, 6.07) is 3.52. The Hall–Kier alpha value is -1.33. The number of hydrogen-bond acceptors (Lipinski definition) is 2. The van der Waals surface area contributed by atoms with Gasteiger partial charge in [0.1, 0.15) is 6.10 Å². The monoisotopic (exact) mass is 147 g/mol. The molecule has 1 unspecified atom stereocenters. The van der Waals surface area contributed by atoms with E-state index >= 15 is 0 Å². The zero-order valence-corrected chi connectivity index (χ0v) is 6.28. The molecule has 0 bridgehead atoms. The van der Waals surface area contributed by atoms with E-state index in [0.717, 1.165) is 5.69 Å². The molecule has 0 spiro atoms. The molecule has 0 aliphatic carbocycles. The maximum Gasteiger partial charge on any atom is 0.141 e. The Morgan fingerprint density at radius 1 is 1.73 bits per heavy atom. The first-order chi connectivity index (χ1) is 5.25. The van der Waals surface area contributed by atoms with Gasteiger partial charge >= 0.3 is 0 Å². The Bertz CT molecular complexity index is 288. The number of nitrogens with zero attached hydrogens (tertiary/aromatic N) is 1. The first kappa shape index (κ1) is 7.77. The second-order valence-corrected chi connectivity index (χ2v) is 2.25. The van der Waals surface area contributed by atoms with E-state index in [2.05, 4.69) is 10.9 Å². The molecular weight excluding hydrogens is 138 g/mol. The minimum Gasteiger partial charge on any atom is -0.376 e. The average Bonchev–Trinajstić information content (AvgIpc) is 2.04. The van der Waals surface area contributed by atoms with E-state index in [-0.39, 0.29) is 0 Å². The van der Waals surface area contributed by atoms with Gasteiger partial charge in [-0.2, -0.15) is 0 Å². The van der Waals surface area contributed by atoms with E-state index in [1.165, 1.54) is 0 Å². The summed E-state index contributed by atoms with van der Waals surface area (Å²) >= 11 is 0. The Kier molecular flexibility index (Phi) is 2.25. The third-order valence-corrected chi connectivity index (χ3v) is 1.50. The fourth-order valence-corrected chi connectivity index (χ4v) is 0.875. The molecule has 0 amide bonds. The van der Waals surface area contributed by atoms with Gasteiger partial charge in [0.05, 0.1) is 0 Å². The van der Waals surface area contributed by atoms with Gasteiger partial charge < -0.3 is 5.11 Å². The van der Waals surface area contributed by atoms with Gasteiger partial charge in [0.25, 0.3) is 0 Å². The maximum atomic E-state index is 9.23. The van der Waals surface area contributed by atoms with Crippen molar-refractivity contribution < 1.29 is 5.11 Å². The highest BCUT2D eigenvalue weighted by atomic mass is 16.3. The molecular formula is C9H9NO. The molecule has 1 N–H and O–H groups in total. The van der Waals surface area contributed by atoms with Crippen molar-refractivity contribution >= 4 is 0 Å². The van der Waals surface area contributed by atoms with E-state index in [1.807, 2.05) is 6.92 Å². The first-order valence-electron chi connectivity index (χ1n) is 3.31. The minimum atomic E-state index is -0.830. The highest BCUT2D eigenvalue weighted by Crippen LogP contribution is 2.13. The predicted octanol–water partition coefficient (Wildman–Crippen LogP) is 1.06. The van der Waals surface area contributed by atoms with Crippen molar-refractivity contribution in [2.75, 3.05) is 0 Å². The lowest BCUT2D eigenvalue weighted by Gasteiger charge is -2.04. The van der Waals surface area contributed by atoms with Crippen molar-refractivity contribution in [1.82, 2.24) is 4.98 Å². The molecule has 0 aromatic carbocycles. The van der Waals surface area contributed by atoms with Crippen LogP contribution in [0.15, 0.2) is 18.3 Å². The summed E-state index contributed by atoms with van der Waals surface area (Å²) in [5.74, 6) is 2.24. The van der Waals surface area contributed by atoms with Crippen molar-refractivity contribution in [2.24, 2.45) is 0 Å². The van der Waals surface area contributed by atoms with Gasteiger partial charge in [0.15, 0.2) is 0 Å². The molecule has 2 heteroatoms. The standard InChI is InChI=1S/C9H9NO/c1-3-9(11)8-5-4-6-10-7(8)2/h1,4-6,9,11H,2H3. The molecule has 0 aliphatic heterocycles. The van der Waals surface area contributed by atoms with E-state index in [0.29, 0.717) is 5.56 Å². The van der Waals surface area contributed by atoms with Gasteiger partial charge in [-0.05, 0) is 13.0 Å². The number of aromatic nitrogens is 1. The molecule has 56 valence electrons. The Labute approximate surface area is 65.9 Å². The van der Waals surface area contributed by atoms with Crippen LogP contribution < -0.4 is 0 Å². The van der Waals surface area contributed by atoms with Crippen LogP contribution in [0.2, 0.25) is 0 Å². The van der Waals surface area contributed by atoms with Crippen LogP contribution in [0.5, 0.6) is 0 Å². The zero-order valence-electron chi connectivity index (χ0n) is 6.28. The fraction of sp³-hybridized carbons (Fsp3) is 0.222. The van der Waals surface area contributed by atoms with Crippen LogP contribution in [0, 0.1) is 19.3 Å². The zero-order chi connectivity index (χ0) is 8.27. The largest absolute Gasteiger partial charge is 0.376 e. The summed E-state index contributed by atoms with van der Waals surface area (Å²) < 4.78 is 0. The van der Waals surface area contributed by atoms with Gasteiger partial charge in [0, 0.05) is 17.5 Å². The second kappa shape index (κ2) is 3.18. The Morgan fingerprint density at radius 3 is 3.00 bits per heavy atom. The average molecular weight is 147 g/mol. The molecule has 1 rings (SSSR count). The van der Waals surface area contributed by atoms with E-state index in [4.69, 9.17) is 6.42 Å². The summed E-state index contributed by atoms with van der Waals surface area (Å²) in [5.41, 5.74) is 1.48. The maximum absolute atomic E-state index is 9.23. The van der Waals surface area contributed by atoms with Crippen LogP contribution in [0.3, 0.4) is 0 Å². The molecule has 1 heterocycles. The quantitative estimate of drug-likeness (QED) is 0.602. The fourth-order valence-electron chi connectivity index (χ4n) is 0.875. The number of hydrogen-bond donors (Lipinski definition) is 1. The molecule has 1 aromatic heterocycles. The van der Waals surface area contributed by atoms with Crippen LogP contribution in [0.25, 0.3) is 0 Å². The molecule has 1 aromatic rings. The Balaban J connectivity index is 3.05. The minimum absolute atomic E-state index is 0.704. The van der Waals surface area contributed by atoms with Crippen LogP contribution in [-0.4, -0.2) is 10.1 Å². The molecule has 1 atom stereocenters. The highest BCUT2D eigenvalue weighted by Gasteiger charge is 2.05. The normalized spacial score (nSPS) is 12.1. The SMILES string of the molecule is C#CC(O)c1cccnc1C. The molecule has 2 nitrogen and oxygen atoms in total. The predicted molar refractivity (Wildman–Crippen MR) is 42.8 cm³/mol. The highest BCUT2D eigenvalue weighted by molar-refractivity contribution is 5.26. The van der Waals surface area contributed by atoms with E-state index in [1.54, 1.807) is 18.3 Å². The first-order valence-corrected chi connectivity index (χ1v) is 3.31. The number of rotatable bonds is 1. The summed E-state index contributed by atoms with van der Waals surface area (Å²) in [7, 11) is 0. The van der Waals surface area contributed by atoms with Crippen molar-refractivity contribution in [3.63, 3.8) is 0 Å². The summed E-state index contributed by atoms with van der Waals surface area (Å²) in [6.07, 6.45) is 5.88. The third kappa shape index (κ3) is 1.57. The van der Waals surface area contributed by atoms with Crippen molar-refractivity contribution in [3.8, 4) is 12.3 Å². The summed E-state index contributed by atoms with van der Waals surface area (Å²) in [5, 5.41) is 9.23. The number of aliphatic hydroxyl groups excluding tert-OH is 1. The lowest BCUT2D eigenvalue weighted by Crippen LogP contribution is -1.97. The number of pyridine rings is 1. The van der Waals surface area contributed by atoms with Crippen LogP contribution in [-0.2, 0) is 0 Å². The van der Waals surface area contributed by atoms with Crippen molar-refractivity contribution in [2.45, 2.75) is 13.0 Å². The van der Waals surface area contributed by atoms with Crippen LogP contribution in [0.1, 0.15) is 17.4 Å². The van der Waals surface area contributed by atoms with E-state index < -0.39 is 6.10 Å². The molecule has 0 aliphatic rings. The number of aliphatic hydroxyl groups is 1. The molecule has 0 saturated heterocycles. The van der Waals surface area contributed by atoms with Crippen molar-refractivity contribution in [1.29, 1.82) is 0 Å². The van der Waals surface area contributed by atoms with Gasteiger partial charge in [-0.1, -0.05) is 12.0 Å². The van der Waals surface area contributed by atoms with Crippen molar-refractivity contribution in [3.05, 3.63) is 29.6 Å². The molecule has 11 heavy (non-hydrogen) atoms. The number of terminal acetylenes is 1. The van der Waals surface area contributed by atoms with E-state index in [9.17, 15) is 5.11 Å². The Morgan fingerprint density at radius 2 is 2.45 bits per heavy atom. The lowest BCUT2D eigenvalue weighted by molar-refractivity contribution is 0.237. The molecule has 0 saturated carbocycles. The topological polar surface area (TPSA) is 33.1 Å². The molecule has 0 fully saturated rings. The number of aryl methyl sites for hydroxylation is 1. The van der Waals surface area contributed by atoms with Gasteiger partial charge in [-0.15, -0.1) is 6.42 Å². The molecule has 0 radical (unpaired) electrons. The smallest absolute Gasteiger partial charge is 0.141 e. The summed E-state index contributed by atoms with van der Waals surface area (Å²) in [4.78, 5) is 3.99. The summed E-state index contributed by atoms with van der Waals surface area (Å²) in [6.45, 7) is 1.82.